The van der Waals surface area contributed by atoms with E-state index < -0.39 is 0 Å². The molecular weight excluding hydrogens is 291 g/mol. The van der Waals surface area contributed by atoms with E-state index in [-0.39, 0.29) is 0 Å². The molecule has 0 aliphatic carbocycles. The Morgan fingerprint density at radius 2 is 1.90 bits per heavy atom. The van der Waals surface area contributed by atoms with Crippen molar-refractivity contribution in [3.63, 3.8) is 0 Å². The second kappa shape index (κ2) is 7.65. The molecule has 1 aromatic carbocycles. The normalized spacial score (nSPS) is 24.6. The highest BCUT2D eigenvalue weighted by Gasteiger charge is 2.30. The van der Waals surface area contributed by atoms with Crippen LogP contribution in [0.5, 0.6) is 0 Å². The van der Waals surface area contributed by atoms with Crippen molar-refractivity contribution in [2.75, 3.05) is 26.7 Å². The van der Waals surface area contributed by atoms with E-state index in [2.05, 4.69) is 29.3 Å². The van der Waals surface area contributed by atoms with E-state index in [4.69, 9.17) is 23.2 Å². The largest absolute Gasteiger partial charge is 0.319 e. The number of rotatable bonds is 4. The van der Waals surface area contributed by atoms with Gasteiger partial charge in [0, 0.05) is 16.1 Å². The number of nitrogens with one attached hydrogen (secondary N) is 1. The second-order valence-electron chi connectivity index (χ2n) is 5.59. The van der Waals surface area contributed by atoms with Gasteiger partial charge in [-0.1, -0.05) is 36.5 Å². The van der Waals surface area contributed by atoms with E-state index in [9.17, 15) is 0 Å². The summed E-state index contributed by atoms with van der Waals surface area (Å²) in [5.41, 5.74) is 1.26. The summed E-state index contributed by atoms with van der Waals surface area (Å²) in [6.45, 7) is 5.49. The first-order valence-corrected chi connectivity index (χ1v) is 8.26. The molecule has 0 bridgehead atoms. The van der Waals surface area contributed by atoms with Crippen molar-refractivity contribution in [3.05, 3.63) is 33.8 Å². The van der Waals surface area contributed by atoms with E-state index >= 15 is 0 Å². The first kappa shape index (κ1) is 16.1. The average molecular weight is 315 g/mol. The van der Waals surface area contributed by atoms with Crippen LogP contribution in [0.2, 0.25) is 10.0 Å². The molecule has 1 aliphatic heterocycles. The monoisotopic (exact) mass is 314 g/mol. The lowest BCUT2D eigenvalue weighted by atomic mass is 9.89. The number of nitrogens with zero attached hydrogens (tertiary/aromatic N) is 1. The van der Waals surface area contributed by atoms with Gasteiger partial charge in [-0.2, -0.15) is 0 Å². The molecule has 4 heteroatoms. The third kappa shape index (κ3) is 3.88. The zero-order valence-electron chi connectivity index (χ0n) is 12.3. The molecule has 2 unspecified atom stereocenters. The number of halogens is 2. The molecule has 2 nitrogen and oxygen atoms in total. The molecule has 2 rings (SSSR count). The van der Waals surface area contributed by atoms with Crippen LogP contribution in [-0.4, -0.2) is 31.6 Å². The van der Waals surface area contributed by atoms with Gasteiger partial charge in [0.25, 0.3) is 0 Å². The van der Waals surface area contributed by atoms with Gasteiger partial charge in [0.2, 0.25) is 0 Å². The lowest BCUT2D eigenvalue weighted by molar-refractivity contribution is 0.162. The third-order valence-corrected chi connectivity index (χ3v) is 4.65. The van der Waals surface area contributed by atoms with Crippen molar-refractivity contribution < 1.29 is 0 Å². The van der Waals surface area contributed by atoms with E-state index in [1.165, 1.54) is 24.8 Å². The molecule has 0 radical (unpaired) electrons. The Labute approximate surface area is 132 Å². The maximum atomic E-state index is 6.21. The summed E-state index contributed by atoms with van der Waals surface area (Å²) in [7, 11) is 2.03. The molecule has 0 amide bonds. The minimum atomic E-state index is 0.408. The SMILES string of the molecule is CCN1CCCCC(CNC)C1c1cc(Cl)cc(Cl)c1. The Kier molecular flexibility index (Phi) is 6.16. The average Bonchev–Trinajstić information content (AvgIpc) is 2.60. The second-order valence-corrected chi connectivity index (χ2v) is 6.46. The molecule has 1 fully saturated rings. The van der Waals surface area contributed by atoms with Crippen LogP contribution in [0, 0.1) is 5.92 Å². The molecular formula is C16H24Cl2N2. The molecule has 1 heterocycles. The molecule has 1 aromatic rings. The molecule has 1 saturated heterocycles. The topological polar surface area (TPSA) is 15.3 Å². The Bertz CT molecular complexity index is 416. The molecule has 2 atom stereocenters. The van der Waals surface area contributed by atoms with E-state index in [1.54, 1.807) is 0 Å². The first-order chi connectivity index (χ1) is 9.65. The maximum Gasteiger partial charge on any atom is 0.0424 e. The number of benzene rings is 1. The van der Waals surface area contributed by atoms with Crippen LogP contribution < -0.4 is 5.32 Å². The highest BCUT2D eigenvalue weighted by Crippen LogP contribution is 2.36. The van der Waals surface area contributed by atoms with Crippen LogP contribution in [-0.2, 0) is 0 Å². The third-order valence-electron chi connectivity index (χ3n) is 4.21. The number of likely N-dealkylation sites (tertiary alicyclic amines) is 1. The van der Waals surface area contributed by atoms with Crippen LogP contribution in [0.3, 0.4) is 0 Å². The van der Waals surface area contributed by atoms with Crippen LogP contribution >= 0.6 is 23.2 Å². The van der Waals surface area contributed by atoms with Gasteiger partial charge in [-0.05, 0) is 69.2 Å². The van der Waals surface area contributed by atoms with E-state index in [0.717, 1.165) is 29.7 Å². The quantitative estimate of drug-likeness (QED) is 0.887. The van der Waals surface area contributed by atoms with Crippen LogP contribution in [0.15, 0.2) is 18.2 Å². The van der Waals surface area contributed by atoms with Crippen molar-refractivity contribution in [2.24, 2.45) is 5.92 Å². The highest BCUT2D eigenvalue weighted by molar-refractivity contribution is 6.34. The van der Waals surface area contributed by atoms with Gasteiger partial charge >= 0.3 is 0 Å². The summed E-state index contributed by atoms with van der Waals surface area (Å²) in [6.07, 6.45) is 3.83. The fraction of sp³-hybridized carbons (Fsp3) is 0.625. The van der Waals surface area contributed by atoms with E-state index in [0.29, 0.717) is 12.0 Å². The van der Waals surface area contributed by atoms with Crippen LogP contribution in [0.1, 0.15) is 37.8 Å². The lowest BCUT2D eigenvalue weighted by Gasteiger charge is -2.35. The van der Waals surface area contributed by atoms with Gasteiger partial charge < -0.3 is 5.32 Å². The van der Waals surface area contributed by atoms with Crippen molar-refractivity contribution in [1.82, 2.24) is 10.2 Å². The van der Waals surface area contributed by atoms with Gasteiger partial charge in [-0.25, -0.2) is 0 Å². The molecule has 1 aliphatic rings. The molecule has 0 saturated carbocycles. The standard InChI is InChI=1S/C16H24Cl2N2/c1-3-20-7-5-4-6-12(11-19-2)16(20)13-8-14(17)10-15(18)9-13/h8-10,12,16,19H,3-7,11H2,1-2H3. The summed E-state index contributed by atoms with van der Waals surface area (Å²) in [6, 6.07) is 6.38. The number of hydrogen-bond donors (Lipinski definition) is 1. The predicted molar refractivity (Wildman–Crippen MR) is 87.7 cm³/mol. The summed E-state index contributed by atoms with van der Waals surface area (Å²) in [5.74, 6) is 0.608. The Morgan fingerprint density at radius 1 is 1.20 bits per heavy atom. The van der Waals surface area contributed by atoms with Crippen LogP contribution in [0.4, 0.5) is 0 Å². The predicted octanol–water partition coefficient (Wildman–Crippen LogP) is 4.38. The fourth-order valence-corrected chi connectivity index (χ4v) is 3.92. The highest BCUT2D eigenvalue weighted by atomic mass is 35.5. The lowest BCUT2D eigenvalue weighted by Crippen LogP contribution is -2.36. The van der Waals surface area contributed by atoms with Gasteiger partial charge in [0.1, 0.15) is 0 Å². The van der Waals surface area contributed by atoms with Crippen molar-refractivity contribution in [3.8, 4) is 0 Å². The Morgan fingerprint density at radius 3 is 2.50 bits per heavy atom. The Hall–Kier alpha value is -0.280. The van der Waals surface area contributed by atoms with Gasteiger partial charge in [0.15, 0.2) is 0 Å². The molecule has 0 spiro atoms. The smallest absolute Gasteiger partial charge is 0.0424 e. The summed E-state index contributed by atoms with van der Waals surface area (Å²) in [5, 5.41) is 4.81. The minimum Gasteiger partial charge on any atom is -0.319 e. The van der Waals surface area contributed by atoms with Crippen molar-refractivity contribution in [1.29, 1.82) is 0 Å². The fourth-order valence-electron chi connectivity index (χ4n) is 3.38. The van der Waals surface area contributed by atoms with Crippen molar-refractivity contribution in [2.45, 2.75) is 32.2 Å². The van der Waals surface area contributed by atoms with Gasteiger partial charge in [-0.3, -0.25) is 4.90 Å². The molecule has 0 aromatic heterocycles. The first-order valence-electron chi connectivity index (χ1n) is 7.50. The zero-order valence-corrected chi connectivity index (χ0v) is 13.8. The molecule has 1 N–H and O–H groups in total. The maximum absolute atomic E-state index is 6.21. The Balaban J connectivity index is 2.37. The van der Waals surface area contributed by atoms with E-state index in [1.807, 2.05) is 13.1 Å². The zero-order chi connectivity index (χ0) is 14.5. The summed E-state index contributed by atoms with van der Waals surface area (Å²) < 4.78 is 0. The minimum absolute atomic E-state index is 0.408. The molecule has 20 heavy (non-hydrogen) atoms. The summed E-state index contributed by atoms with van der Waals surface area (Å²) >= 11 is 12.4. The molecule has 112 valence electrons. The number of hydrogen-bond acceptors (Lipinski definition) is 2. The van der Waals surface area contributed by atoms with Gasteiger partial charge in [-0.15, -0.1) is 0 Å². The van der Waals surface area contributed by atoms with Gasteiger partial charge in [0.05, 0.1) is 0 Å². The van der Waals surface area contributed by atoms with Crippen molar-refractivity contribution >= 4 is 23.2 Å². The van der Waals surface area contributed by atoms with Crippen LogP contribution in [0.25, 0.3) is 0 Å². The summed E-state index contributed by atoms with van der Waals surface area (Å²) in [4.78, 5) is 2.57.